The molecule has 2 aliphatic rings. The van der Waals surface area contributed by atoms with Crippen molar-refractivity contribution < 1.29 is 9.50 Å². The van der Waals surface area contributed by atoms with Crippen molar-refractivity contribution >= 4 is 17.3 Å². The molecule has 4 rings (SSSR count). The van der Waals surface area contributed by atoms with Gasteiger partial charge in [0.1, 0.15) is 5.82 Å². The van der Waals surface area contributed by atoms with Crippen LogP contribution >= 0.6 is 0 Å². The predicted molar refractivity (Wildman–Crippen MR) is 128 cm³/mol. The summed E-state index contributed by atoms with van der Waals surface area (Å²) in [5.74, 6) is 0.346. The highest BCUT2D eigenvalue weighted by Crippen LogP contribution is 2.35. The van der Waals surface area contributed by atoms with Gasteiger partial charge in [-0.3, -0.25) is 4.90 Å². The number of rotatable bonds is 4. The van der Waals surface area contributed by atoms with E-state index in [1.54, 1.807) is 18.5 Å². The Hall–Kier alpha value is -2.45. The first-order valence-electron chi connectivity index (χ1n) is 11.5. The zero-order valence-electron chi connectivity index (χ0n) is 19.8. The van der Waals surface area contributed by atoms with Crippen LogP contribution in [0.4, 0.5) is 21.7 Å². The molecule has 3 heterocycles. The summed E-state index contributed by atoms with van der Waals surface area (Å²) < 4.78 is 15.3. The average Bonchev–Trinajstić information content (AvgIpc) is 2.77. The zero-order valence-corrected chi connectivity index (χ0v) is 19.8. The maximum atomic E-state index is 15.3. The van der Waals surface area contributed by atoms with E-state index in [0.717, 1.165) is 24.5 Å². The number of nitrogens with one attached hydrogen (secondary N) is 1. The number of piperidine rings is 1. The molecule has 2 saturated heterocycles. The molecule has 0 amide bonds. The number of halogens is 1. The van der Waals surface area contributed by atoms with Gasteiger partial charge >= 0.3 is 0 Å². The highest BCUT2D eigenvalue weighted by atomic mass is 19.1. The number of hydrogen-bond donors (Lipinski definition) is 2. The predicted octanol–water partition coefficient (Wildman–Crippen LogP) is 3.20. The third-order valence-electron chi connectivity index (χ3n) is 7.13. The fourth-order valence-electron chi connectivity index (χ4n) is 4.66. The van der Waals surface area contributed by atoms with Crippen LogP contribution in [0.3, 0.4) is 0 Å². The Morgan fingerprint density at radius 1 is 1.06 bits per heavy atom. The van der Waals surface area contributed by atoms with E-state index in [-0.39, 0.29) is 5.82 Å². The Labute approximate surface area is 190 Å². The second-order valence-corrected chi connectivity index (χ2v) is 9.62. The van der Waals surface area contributed by atoms with Crippen LogP contribution in [0, 0.1) is 5.82 Å². The van der Waals surface area contributed by atoms with Crippen molar-refractivity contribution in [1.82, 2.24) is 14.9 Å². The molecule has 0 radical (unpaired) electrons. The summed E-state index contributed by atoms with van der Waals surface area (Å²) >= 11 is 0. The van der Waals surface area contributed by atoms with Crippen molar-refractivity contribution in [3.05, 3.63) is 30.3 Å². The van der Waals surface area contributed by atoms with Crippen molar-refractivity contribution in [2.45, 2.75) is 51.3 Å². The highest BCUT2D eigenvalue weighted by molar-refractivity contribution is 5.78. The van der Waals surface area contributed by atoms with Crippen molar-refractivity contribution in [2.75, 3.05) is 55.4 Å². The first-order chi connectivity index (χ1) is 15.2. The molecule has 1 aromatic heterocycles. The first-order valence-corrected chi connectivity index (χ1v) is 11.5. The van der Waals surface area contributed by atoms with E-state index in [4.69, 9.17) is 0 Å². The minimum Gasteiger partial charge on any atom is -0.390 e. The second kappa shape index (κ2) is 8.83. The van der Waals surface area contributed by atoms with Crippen LogP contribution in [0.1, 0.15) is 33.6 Å². The van der Waals surface area contributed by atoms with Crippen LogP contribution < -0.4 is 15.1 Å². The van der Waals surface area contributed by atoms with Gasteiger partial charge in [-0.25, -0.2) is 14.4 Å². The summed E-state index contributed by atoms with van der Waals surface area (Å²) in [6.07, 6.45) is 4.74. The molecule has 2 N–H and O–H groups in total. The minimum atomic E-state index is -0.621. The molecule has 0 bridgehead atoms. The van der Waals surface area contributed by atoms with Gasteiger partial charge < -0.3 is 20.2 Å². The van der Waals surface area contributed by atoms with Crippen molar-refractivity contribution in [2.24, 2.45) is 0 Å². The van der Waals surface area contributed by atoms with Crippen LogP contribution in [-0.2, 0) is 0 Å². The number of aliphatic hydroxyl groups is 1. The van der Waals surface area contributed by atoms with Gasteiger partial charge in [0.2, 0.25) is 5.95 Å². The van der Waals surface area contributed by atoms with E-state index in [0.29, 0.717) is 55.1 Å². The lowest BCUT2D eigenvalue weighted by Crippen LogP contribution is -2.55. The van der Waals surface area contributed by atoms with Gasteiger partial charge in [0.25, 0.3) is 0 Å². The average molecular weight is 443 g/mol. The first kappa shape index (κ1) is 22.7. The van der Waals surface area contributed by atoms with Crippen molar-refractivity contribution in [3.8, 4) is 11.1 Å². The third kappa shape index (κ3) is 4.52. The number of hydrogen-bond acceptors (Lipinski definition) is 7. The molecule has 8 heteroatoms. The summed E-state index contributed by atoms with van der Waals surface area (Å²) in [6.45, 7) is 9.40. The highest BCUT2D eigenvalue weighted by Gasteiger charge is 2.30. The van der Waals surface area contributed by atoms with E-state index < -0.39 is 5.60 Å². The number of likely N-dealkylation sites (N-methyl/N-ethyl adjacent to an activating group) is 1. The van der Waals surface area contributed by atoms with Crippen LogP contribution in [0.2, 0.25) is 0 Å². The van der Waals surface area contributed by atoms with Gasteiger partial charge in [0, 0.05) is 68.8 Å². The molecule has 1 aromatic carbocycles. The van der Waals surface area contributed by atoms with Crippen LogP contribution in [0.5, 0.6) is 0 Å². The summed E-state index contributed by atoms with van der Waals surface area (Å²) in [6, 6.07) is 4.28. The normalized spacial score (nSPS) is 24.0. The Balaban J connectivity index is 1.57. The lowest BCUT2D eigenvalue weighted by molar-refractivity contribution is 0.0349. The molecule has 2 fully saturated rings. The molecular formula is C24H35FN6O. The summed E-state index contributed by atoms with van der Waals surface area (Å²) in [5, 5.41) is 13.4. The fourth-order valence-corrected chi connectivity index (χ4v) is 4.66. The van der Waals surface area contributed by atoms with Crippen LogP contribution in [0.25, 0.3) is 11.1 Å². The molecule has 2 unspecified atom stereocenters. The molecule has 2 aromatic rings. The maximum Gasteiger partial charge on any atom is 0.225 e. The Kier molecular flexibility index (Phi) is 6.27. The number of benzene rings is 1. The van der Waals surface area contributed by atoms with Gasteiger partial charge in [-0.2, -0.15) is 0 Å². The number of aromatic nitrogens is 2. The molecule has 174 valence electrons. The summed E-state index contributed by atoms with van der Waals surface area (Å²) in [7, 11) is 4.01. The molecule has 7 nitrogen and oxygen atoms in total. The molecule has 0 aliphatic carbocycles. The van der Waals surface area contributed by atoms with Gasteiger partial charge in [0.05, 0.1) is 17.0 Å². The van der Waals surface area contributed by atoms with Gasteiger partial charge in [0.15, 0.2) is 0 Å². The molecule has 0 spiro atoms. The Bertz CT molecular complexity index is 928. The van der Waals surface area contributed by atoms with Crippen molar-refractivity contribution in [3.63, 3.8) is 0 Å². The zero-order chi connectivity index (χ0) is 23.0. The lowest BCUT2D eigenvalue weighted by atomic mass is 9.94. The minimum absolute atomic E-state index is 0.274. The summed E-state index contributed by atoms with van der Waals surface area (Å²) in [5.41, 5.74) is 2.30. The van der Waals surface area contributed by atoms with E-state index in [1.807, 2.05) is 20.0 Å². The van der Waals surface area contributed by atoms with Crippen LogP contribution in [0.15, 0.2) is 24.5 Å². The van der Waals surface area contributed by atoms with E-state index >= 15 is 4.39 Å². The van der Waals surface area contributed by atoms with Gasteiger partial charge in [-0.15, -0.1) is 0 Å². The van der Waals surface area contributed by atoms with Gasteiger partial charge in [-0.1, -0.05) is 0 Å². The quantitative estimate of drug-likeness (QED) is 0.754. The van der Waals surface area contributed by atoms with Crippen LogP contribution in [-0.4, -0.2) is 77.9 Å². The van der Waals surface area contributed by atoms with E-state index in [9.17, 15) is 5.11 Å². The number of piperazine rings is 1. The molecule has 2 aliphatic heterocycles. The monoisotopic (exact) mass is 442 g/mol. The number of anilines is 3. The maximum absolute atomic E-state index is 15.3. The largest absolute Gasteiger partial charge is 0.390 e. The molecule has 0 saturated carbocycles. The molecular weight excluding hydrogens is 407 g/mol. The lowest BCUT2D eigenvalue weighted by Gasteiger charge is -2.44. The SMILES string of the molecule is CNc1cc(-c2cnc(N3CCC(C)(O)CC3)nc2)c(F)cc1N1CC(C)N(C)C(C)C1. The van der Waals surface area contributed by atoms with E-state index in [2.05, 4.69) is 50.9 Å². The van der Waals surface area contributed by atoms with Crippen molar-refractivity contribution in [1.29, 1.82) is 0 Å². The second-order valence-electron chi connectivity index (χ2n) is 9.62. The number of nitrogens with zero attached hydrogens (tertiary/aromatic N) is 5. The van der Waals surface area contributed by atoms with Gasteiger partial charge in [-0.05, 0) is 52.8 Å². The topological polar surface area (TPSA) is 67.8 Å². The fraction of sp³-hybridized carbons (Fsp3) is 0.583. The summed E-state index contributed by atoms with van der Waals surface area (Å²) in [4.78, 5) is 15.7. The Morgan fingerprint density at radius 3 is 2.22 bits per heavy atom. The Morgan fingerprint density at radius 2 is 1.66 bits per heavy atom. The smallest absolute Gasteiger partial charge is 0.225 e. The van der Waals surface area contributed by atoms with E-state index in [1.165, 1.54) is 0 Å². The molecule has 32 heavy (non-hydrogen) atoms. The standard InChI is InChI=1S/C24H35FN6O/c1-16-14-31(15-17(2)29(16)5)22-11-20(25)19(10-21(22)26-4)18-12-27-23(28-13-18)30-8-6-24(3,32)7-9-30/h10-13,16-17,26,32H,6-9,14-15H2,1-5H3. The molecule has 2 atom stereocenters. The third-order valence-corrected chi connectivity index (χ3v) is 7.13.